The third-order valence-electron chi connectivity index (χ3n) is 4.21. The van der Waals surface area contributed by atoms with Gasteiger partial charge in [0.1, 0.15) is 6.04 Å². The fourth-order valence-electron chi connectivity index (χ4n) is 3.24. The molecule has 1 fully saturated rings. The number of hydrogen-bond acceptors (Lipinski definition) is 3. The number of morpholine rings is 1. The summed E-state index contributed by atoms with van der Waals surface area (Å²) in [7, 11) is 0. The Bertz CT molecular complexity index is 645. The van der Waals surface area contributed by atoms with Crippen molar-refractivity contribution in [2.45, 2.75) is 25.2 Å². The number of nitrogens with two attached hydrogens (primary N) is 1. The predicted octanol–water partition coefficient (Wildman–Crippen LogP) is 2.68. The SMILES string of the molecule is C[C@@H]1CN([C@@H](C(N)=O)c2ccccc2)C[C@@H](c2ccccc2)O1. The fourth-order valence-corrected chi connectivity index (χ4v) is 3.24. The molecule has 3 atom stereocenters. The van der Waals surface area contributed by atoms with E-state index in [2.05, 4.69) is 17.0 Å². The Kier molecular flexibility index (Phi) is 4.74. The molecule has 1 saturated heterocycles. The van der Waals surface area contributed by atoms with Gasteiger partial charge in [0.15, 0.2) is 0 Å². The molecule has 23 heavy (non-hydrogen) atoms. The molecular weight excluding hydrogens is 288 g/mol. The average molecular weight is 310 g/mol. The summed E-state index contributed by atoms with van der Waals surface area (Å²) in [4.78, 5) is 14.2. The zero-order chi connectivity index (χ0) is 16.2. The van der Waals surface area contributed by atoms with Crippen LogP contribution in [-0.4, -0.2) is 30.0 Å². The van der Waals surface area contributed by atoms with Crippen molar-refractivity contribution < 1.29 is 9.53 Å². The summed E-state index contributed by atoms with van der Waals surface area (Å²) in [6, 6.07) is 19.4. The van der Waals surface area contributed by atoms with Crippen LogP contribution in [0.3, 0.4) is 0 Å². The maximum atomic E-state index is 12.1. The highest BCUT2D eigenvalue weighted by atomic mass is 16.5. The van der Waals surface area contributed by atoms with Crippen LogP contribution in [0.5, 0.6) is 0 Å². The molecule has 0 aromatic heterocycles. The lowest BCUT2D eigenvalue weighted by atomic mass is 10.0. The largest absolute Gasteiger partial charge is 0.368 e. The molecule has 0 bridgehead atoms. The number of hydrogen-bond donors (Lipinski definition) is 1. The van der Waals surface area contributed by atoms with Gasteiger partial charge >= 0.3 is 0 Å². The van der Waals surface area contributed by atoms with Gasteiger partial charge in [0.05, 0.1) is 12.2 Å². The summed E-state index contributed by atoms with van der Waals surface area (Å²) in [5.74, 6) is -0.322. The Morgan fingerprint density at radius 2 is 1.70 bits per heavy atom. The van der Waals surface area contributed by atoms with E-state index in [1.165, 1.54) is 0 Å². The smallest absolute Gasteiger partial charge is 0.239 e. The van der Waals surface area contributed by atoms with Gasteiger partial charge in [-0.15, -0.1) is 0 Å². The Morgan fingerprint density at radius 1 is 1.09 bits per heavy atom. The molecule has 1 aliphatic heterocycles. The number of ether oxygens (including phenoxy) is 1. The first-order chi connectivity index (χ1) is 11.1. The van der Waals surface area contributed by atoms with E-state index in [0.29, 0.717) is 13.1 Å². The van der Waals surface area contributed by atoms with Crippen LogP contribution in [0.4, 0.5) is 0 Å². The van der Waals surface area contributed by atoms with Crippen molar-refractivity contribution in [3.05, 3.63) is 71.8 Å². The van der Waals surface area contributed by atoms with Crippen LogP contribution in [0.2, 0.25) is 0 Å². The molecule has 0 unspecified atom stereocenters. The van der Waals surface area contributed by atoms with Crippen LogP contribution in [0.1, 0.15) is 30.2 Å². The second-order valence-electron chi connectivity index (χ2n) is 6.02. The molecular formula is C19H22N2O2. The number of benzene rings is 2. The summed E-state index contributed by atoms with van der Waals surface area (Å²) in [6.07, 6.45) is -0.00923. The monoisotopic (exact) mass is 310 g/mol. The van der Waals surface area contributed by atoms with E-state index in [1.54, 1.807) is 0 Å². The lowest BCUT2D eigenvalue weighted by molar-refractivity contribution is -0.131. The lowest BCUT2D eigenvalue weighted by Gasteiger charge is -2.40. The van der Waals surface area contributed by atoms with Crippen LogP contribution in [-0.2, 0) is 9.53 Å². The van der Waals surface area contributed by atoms with Gasteiger partial charge in [-0.2, -0.15) is 0 Å². The summed E-state index contributed by atoms with van der Waals surface area (Å²) in [5, 5.41) is 0. The maximum Gasteiger partial charge on any atom is 0.239 e. The minimum atomic E-state index is -0.422. The van der Waals surface area contributed by atoms with Crippen molar-refractivity contribution in [3.8, 4) is 0 Å². The van der Waals surface area contributed by atoms with Crippen molar-refractivity contribution in [1.82, 2.24) is 4.90 Å². The number of carbonyl (C=O) groups is 1. The van der Waals surface area contributed by atoms with Gasteiger partial charge in [0.2, 0.25) is 5.91 Å². The highest BCUT2D eigenvalue weighted by Gasteiger charge is 2.34. The molecule has 4 nitrogen and oxygen atoms in total. The standard InChI is InChI=1S/C19H22N2O2/c1-14-12-21(13-17(23-14)15-8-4-2-5-9-15)18(19(20)22)16-10-6-3-7-11-16/h2-11,14,17-18H,12-13H2,1H3,(H2,20,22)/t14-,17+,18-/m1/s1. The molecule has 1 aliphatic rings. The maximum absolute atomic E-state index is 12.1. The van der Waals surface area contributed by atoms with Crippen LogP contribution >= 0.6 is 0 Å². The van der Waals surface area contributed by atoms with E-state index < -0.39 is 6.04 Å². The molecule has 4 heteroatoms. The highest BCUT2D eigenvalue weighted by Crippen LogP contribution is 2.30. The third kappa shape index (κ3) is 3.60. The van der Waals surface area contributed by atoms with Gasteiger partial charge in [0, 0.05) is 13.1 Å². The topological polar surface area (TPSA) is 55.6 Å². The molecule has 0 radical (unpaired) electrons. The van der Waals surface area contributed by atoms with Gasteiger partial charge in [-0.3, -0.25) is 9.69 Å². The summed E-state index contributed by atoms with van der Waals surface area (Å²) in [6.45, 7) is 3.37. The Hall–Kier alpha value is -2.17. The van der Waals surface area contributed by atoms with E-state index in [1.807, 2.05) is 55.5 Å². The lowest BCUT2D eigenvalue weighted by Crippen LogP contribution is -2.48. The van der Waals surface area contributed by atoms with Crippen LogP contribution in [0.15, 0.2) is 60.7 Å². The van der Waals surface area contributed by atoms with Gasteiger partial charge in [0.25, 0.3) is 0 Å². The number of amides is 1. The summed E-state index contributed by atoms with van der Waals surface area (Å²) in [5.41, 5.74) is 7.76. The molecule has 2 aromatic rings. The van der Waals surface area contributed by atoms with E-state index in [-0.39, 0.29) is 18.1 Å². The number of primary amides is 1. The zero-order valence-corrected chi connectivity index (χ0v) is 13.3. The van der Waals surface area contributed by atoms with Gasteiger partial charge in [-0.05, 0) is 18.1 Å². The molecule has 0 saturated carbocycles. The Morgan fingerprint density at radius 3 is 2.30 bits per heavy atom. The molecule has 120 valence electrons. The molecule has 1 amide bonds. The van der Waals surface area contributed by atoms with Crippen molar-refractivity contribution in [1.29, 1.82) is 0 Å². The summed E-state index contributed by atoms with van der Waals surface area (Å²) >= 11 is 0. The van der Waals surface area contributed by atoms with E-state index in [4.69, 9.17) is 10.5 Å². The van der Waals surface area contributed by atoms with E-state index in [0.717, 1.165) is 11.1 Å². The Balaban J connectivity index is 1.86. The van der Waals surface area contributed by atoms with Crippen LogP contribution < -0.4 is 5.73 Å². The molecule has 3 rings (SSSR count). The first-order valence-electron chi connectivity index (χ1n) is 7.94. The quantitative estimate of drug-likeness (QED) is 0.944. The van der Waals surface area contributed by atoms with Crippen molar-refractivity contribution in [2.75, 3.05) is 13.1 Å². The van der Waals surface area contributed by atoms with Crippen LogP contribution in [0.25, 0.3) is 0 Å². The number of carbonyl (C=O) groups excluding carboxylic acids is 1. The average Bonchev–Trinajstić information content (AvgIpc) is 2.56. The molecule has 0 aliphatic carbocycles. The Labute approximate surface area is 136 Å². The summed E-state index contributed by atoms with van der Waals surface area (Å²) < 4.78 is 6.07. The third-order valence-corrected chi connectivity index (χ3v) is 4.21. The molecule has 2 aromatic carbocycles. The number of rotatable bonds is 4. The van der Waals surface area contributed by atoms with Crippen molar-refractivity contribution in [3.63, 3.8) is 0 Å². The van der Waals surface area contributed by atoms with Crippen molar-refractivity contribution in [2.24, 2.45) is 5.73 Å². The van der Waals surface area contributed by atoms with Gasteiger partial charge in [-0.1, -0.05) is 60.7 Å². The van der Waals surface area contributed by atoms with E-state index in [9.17, 15) is 4.79 Å². The minimum absolute atomic E-state index is 0.0412. The highest BCUT2D eigenvalue weighted by molar-refractivity contribution is 5.81. The van der Waals surface area contributed by atoms with E-state index >= 15 is 0 Å². The van der Waals surface area contributed by atoms with Crippen molar-refractivity contribution >= 4 is 5.91 Å². The normalized spacial score (nSPS) is 23.3. The fraction of sp³-hybridized carbons (Fsp3) is 0.316. The molecule has 2 N–H and O–H groups in total. The second-order valence-corrected chi connectivity index (χ2v) is 6.02. The molecule has 1 heterocycles. The van der Waals surface area contributed by atoms with Crippen LogP contribution in [0, 0.1) is 0 Å². The van der Waals surface area contributed by atoms with Gasteiger partial charge in [-0.25, -0.2) is 0 Å². The molecule has 0 spiro atoms. The van der Waals surface area contributed by atoms with Gasteiger partial charge < -0.3 is 10.5 Å². The predicted molar refractivity (Wildman–Crippen MR) is 89.7 cm³/mol. The second kappa shape index (κ2) is 6.94. The minimum Gasteiger partial charge on any atom is -0.368 e. The number of nitrogens with zero attached hydrogens (tertiary/aromatic N) is 1. The first kappa shape index (κ1) is 15.7. The first-order valence-corrected chi connectivity index (χ1v) is 7.94. The zero-order valence-electron chi connectivity index (χ0n) is 13.3.